The lowest BCUT2D eigenvalue weighted by atomic mass is 9.94. The molecule has 1 saturated carbocycles. The summed E-state index contributed by atoms with van der Waals surface area (Å²) in [5.74, 6) is 1.51. The molecule has 0 saturated heterocycles. The Balaban J connectivity index is 1.56. The summed E-state index contributed by atoms with van der Waals surface area (Å²) in [7, 11) is 0. The van der Waals surface area contributed by atoms with Crippen LogP contribution in [0.1, 0.15) is 30.9 Å². The van der Waals surface area contributed by atoms with Crippen molar-refractivity contribution in [3.63, 3.8) is 0 Å². The zero-order valence-electron chi connectivity index (χ0n) is 13.4. The molecular weight excluding hydrogens is 370 g/mol. The molecule has 0 radical (unpaired) electrons. The lowest BCUT2D eigenvalue weighted by Crippen LogP contribution is -2.27. The van der Waals surface area contributed by atoms with Gasteiger partial charge in [0.1, 0.15) is 0 Å². The van der Waals surface area contributed by atoms with Gasteiger partial charge in [-0.15, -0.1) is 0 Å². The summed E-state index contributed by atoms with van der Waals surface area (Å²) in [6.45, 7) is 2.35. The predicted molar refractivity (Wildman–Crippen MR) is 95.6 cm³/mol. The van der Waals surface area contributed by atoms with Crippen molar-refractivity contribution < 1.29 is 14.3 Å². The van der Waals surface area contributed by atoms with Crippen molar-refractivity contribution in [3.8, 4) is 11.5 Å². The second-order valence-corrected chi connectivity index (χ2v) is 7.12. The zero-order chi connectivity index (χ0) is 16.7. The van der Waals surface area contributed by atoms with Crippen molar-refractivity contribution in [3.05, 3.63) is 52.0 Å². The second kappa shape index (κ2) is 5.81. The number of benzene rings is 2. The van der Waals surface area contributed by atoms with Crippen molar-refractivity contribution >= 4 is 27.5 Å². The van der Waals surface area contributed by atoms with Crippen LogP contribution in [-0.2, 0) is 16.6 Å². The fourth-order valence-electron chi connectivity index (χ4n) is 3.13. The molecular formula is C19H18BrNO3. The molecule has 124 valence electrons. The third-order valence-corrected chi connectivity index (χ3v) is 5.54. The van der Waals surface area contributed by atoms with E-state index in [1.54, 1.807) is 0 Å². The molecule has 0 spiro atoms. The van der Waals surface area contributed by atoms with Gasteiger partial charge in [0.15, 0.2) is 11.5 Å². The van der Waals surface area contributed by atoms with E-state index in [4.69, 9.17) is 9.47 Å². The van der Waals surface area contributed by atoms with Gasteiger partial charge in [0, 0.05) is 10.2 Å². The van der Waals surface area contributed by atoms with Crippen LogP contribution in [0.15, 0.2) is 40.9 Å². The predicted octanol–water partition coefficient (Wildman–Crippen LogP) is 4.41. The van der Waals surface area contributed by atoms with Gasteiger partial charge in [-0.25, -0.2) is 0 Å². The molecule has 4 nitrogen and oxygen atoms in total. The van der Waals surface area contributed by atoms with E-state index in [9.17, 15) is 4.79 Å². The van der Waals surface area contributed by atoms with E-state index in [0.717, 1.165) is 46.5 Å². The van der Waals surface area contributed by atoms with Crippen LogP contribution >= 0.6 is 15.9 Å². The molecule has 0 unspecified atom stereocenters. The summed E-state index contributed by atoms with van der Waals surface area (Å²) in [5, 5.41) is 3.06. The number of anilines is 1. The van der Waals surface area contributed by atoms with Crippen LogP contribution in [0.5, 0.6) is 11.5 Å². The molecule has 0 bridgehead atoms. The summed E-state index contributed by atoms with van der Waals surface area (Å²) in [5.41, 5.74) is 2.59. The maximum atomic E-state index is 12.9. The fourth-order valence-corrected chi connectivity index (χ4v) is 3.79. The third kappa shape index (κ3) is 2.57. The minimum absolute atomic E-state index is 0.0394. The molecule has 1 fully saturated rings. The van der Waals surface area contributed by atoms with E-state index in [-0.39, 0.29) is 12.7 Å². The minimum Gasteiger partial charge on any atom is -0.454 e. The summed E-state index contributed by atoms with van der Waals surface area (Å²) < 4.78 is 11.8. The van der Waals surface area contributed by atoms with Crippen LogP contribution in [0.4, 0.5) is 5.69 Å². The summed E-state index contributed by atoms with van der Waals surface area (Å²) in [4.78, 5) is 12.9. The number of hydrogen-bond donors (Lipinski definition) is 1. The molecule has 1 N–H and O–H groups in total. The molecule has 0 atom stereocenters. The first kappa shape index (κ1) is 15.5. The number of carbonyl (C=O) groups excluding carboxylic acids is 1. The zero-order valence-corrected chi connectivity index (χ0v) is 15.0. The Hall–Kier alpha value is -2.01. The van der Waals surface area contributed by atoms with Crippen molar-refractivity contribution in [1.82, 2.24) is 0 Å². The molecule has 1 heterocycles. The average Bonchev–Trinajstić information content (AvgIpc) is 3.26. The van der Waals surface area contributed by atoms with Gasteiger partial charge in [-0.1, -0.05) is 35.0 Å². The van der Waals surface area contributed by atoms with Crippen molar-refractivity contribution in [2.45, 2.75) is 31.6 Å². The Morgan fingerprint density at radius 3 is 2.67 bits per heavy atom. The van der Waals surface area contributed by atoms with Crippen LogP contribution in [0.2, 0.25) is 0 Å². The van der Waals surface area contributed by atoms with Gasteiger partial charge in [0.2, 0.25) is 12.7 Å². The van der Waals surface area contributed by atoms with Crippen LogP contribution in [0.25, 0.3) is 0 Å². The van der Waals surface area contributed by atoms with Crippen molar-refractivity contribution in [1.29, 1.82) is 0 Å². The highest BCUT2D eigenvalue weighted by Gasteiger charge is 2.51. The molecule has 4 rings (SSSR count). The monoisotopic (exact) mass is 387 g/mol. The Labute approximate surface area is 149 Å². The fraction of sp³-hybridized carbons (Fsp3) is 0.316. The van der Waals surface area contributed by atoms with Crippen LogP contribution in [0.3, 0.4) is 0 Å². The molecule has 1 amide bonds. The number of fused-ring (bicyclic) bond motifs is 1. The molecule has 5 heteroatoms. The van der Waals surface area contributed by atoms with Gasteiger partial charge in [-0.3, -0.25) is 4.79 Å². The Kier molecular flexibility index (Phi) is 3.76. The SMILES string of the molecule is CCc1ccc(NC(=O)C2(c3ccc4c(c3)OCO4)CC2)cc1Br. The summed E-state index contributed by atoms with van der Waals surface area (Å²) in [6, 6.07) is 11.8. The van der Waals surface area contributed by atoms with E-state index in [1.807, 2.05) is 36.4 Å². The van der Waals surface area contributed by atoms with Crippen molar-refractivity contribution in [2.75, 3.05) is 12.1 Å². The third-order valence-electron chi connectivity index (χ3n) is 4.80. The van der Waals surface area contributed by atoms with E-state index in [0.29, 0.717) is 0 Å². The van der Waals surface area contributed by atoms with Crippen LogP contribution in [0, 0.1) is 0 Å². The van der Waals surface area contributed by atoms with Gasteiger partial charge in [-0.05, 0) is 54.7 Å². The Bertz CT molecular complexity index is 814. The highest BCUT2D eigenvalue weighted by molar-refractivity contribution is 9.10. The number of ether oxygens (including phenoxy) is 2. The lowest BCUT2D eigenvalue weighted by molar-refractivity contribution is -0.118. The van der Waals surface area contributed by atoms with Gasteiger partial charge in [0.25, 0.3) is 0 Å². The van der Waals surface area contributed by atoms with Gasteiger partial charge < -0.3 is 14.8 Å². The summed E-state index contributed by atoms with van der Waals surface area (Å²) >= 11 is 3.56. The smallest absolute Gasteiger partial charge is 0.235 e. The molecule has 2 aromatic carbocycles. The maximum Gasteiger partial charge on any atom is 0.235 e. The molecule has 2 aliphatic rings. The summed E-state index contributed by atoms with van der Waals surface area (Å²) in [6.07, 6.45) is 2.66. The van der Waals surface area contributed by atoms with Crippen LogP contribution in [-0.4, -0.2) is 12.7 Å². The van der Waals surface area contributed by atoms with Crippen molar-refractivity contribution in [2.24, 2.45) is 0 Å². The topological polar surface area (TPSA) is 47.6 Å². The number of amides is 1. The maximum absolute atomic E-state index is 12.9. The number of aryl methyl sites for hydroxylation is 1. The van der Waals surface area contributed by atoms with Gasteiger partial charge in [-0.2, -0.15) is 0 Å². The minimum atomic E-state index is -0.448. The Morgan fingerprint density at radius 1 is 1.17 bits per heavy atom. The molecule has 1 aliphatic heterocycles. The van der Waals surface area contributed by atoms with E-state index < -0.39 is 5.41 Å². The standard InChI is InChI=1S/C19H18BrNO3/c1-2-12-3-5-14(10-15(12)20)21-18(22)19(7-8-19)13-4-6-16-17(9-13)24-11-23-16/h3-6,9-10H,2,7-8,11H2,1H3,(H,21,22). The number of nitrogens with one attached hydrogen (secondary N) is 1. The molecule has 24 heavy (non-hydrogen) atoms. The van der Waals surface area contributed by atoms with Crippen LogP contribution < -0.4 is 14.8 Å². The first-order valence-electron chi connectivity index (χ1n) is 8.12. The molecule has 1 aliphatic carbocycles. The normalized spacial score (nSPS) is 16.8. The average molecular weight is 388 g/mol. The largest absolute Gasteiger partial charge is 0.454 e. The highest BCUT2D eigenvalue weighted by atomic mass is 79.9. The van der Waals surface area contributed by atoms with E-state index >= 15 is 0 Å². The lowest BCUT2D eigenvalue weighted by Gasteiger charge is -2.17. The number of rotatable bonds is 4. The van der Waals surface area contributed by atoms with E-state index in [2.05, 4.69) is 28.2 Å². The van der Waals surface area contributed by atoms with Gasteiger partial charge in [0.05, 0.1) is 5.41 Å². The second-order valence-electron chi connectivity index (χ2n) is 6.26. The number of hydrogen-bond acceptors (Lipinski definition) is 3. The number of halogens is 1. The molecule has 0 aromatic heterocycles. The highest BCUT2D eigenvalue weighted by Crippen LogP contribution is 2.51. The first-order chi connectivity index (χ1) is 11.6. The number of carbonyl (C=O) groups is 1. The van der Waals surface area contributed by atoms with E-state index in [1.165, 1.54) is 5.56 Å². The first-order valence-corrected chi connectivity index (χ1v) is 8.92. The quantitative estimate of drug-likeness (QED) is 0.844. The molecule has 2 aromatic rings. The van der Waals surface area contributed by atoms with Gasteiger partial charge >= 0.3 is 0 Å². The Morgan fingerprint density at radius 2 is 1.96 bits per heavy atom.